The van der Waals surface area contributed by atoms with Crippen LogP contribution in [0.3, 0.4) is 0 Å². The van der Waals surface area contributed by atoms with Crippen molar-refractivity contribution in [1.82, 2.24) is 5.32 Å². The van der Waals surface area contributed by atoms with E-state index in [0.717, 1.165) is 24.8 Å². The molecule has 4 heteroatoms. The number of carbonyl (C=O) groups is 1. The van der Waals surface area contributed by atoms with Crippen molar-refractivity contribution < 1.29 is 9.53 Å². The summed E-state index contributed by atoms with van der Waals surface area (Å²) in [5.41, 5.74) is 6.90. The van der Waals surface area contributed by atoms with Gasteiger partial charge in [0.2, 0.25) is 0 Å². The van der Waals surface area contributed by atoms with E-state index in [4.69, 9.17) is 10.5 Å². The fraction of sp³-hybridized carbons (Fsp3) is 0.588. The second-order valence-electron chi connectivity index (χ2n) is 6.13. The number of ether oxygens (including phenoxy) is 1. The quantitative estimate of drug-likeness (QED) is 0.818. The maximum Gasteiger partial charge on any atom is 0.251 e. The minimum atomic E-state index is -0.0615. The first kappa shape index (κ1) is 15.7. The van der Waals surface area contributed by atoms with Gasteiger partial charge in [0.25, 0.3) is 5.91 Å². The molecule has 1 aliphatic rings. The van der Waals surface area contributed by atoms with Crippen LogP contribution in [-0.4, -0.2) is 19.6 Å². The van der Waals surface area contributed by atoms with Gasteiger partial charge in [0.1, 0.15) is 5.75 Å². The number of rotatable bonds is 5. The van der Waals surface area contributed by atoms with Gasteiger partial charge in [0, 0.05) is 12.1 Å². The normalized spacial score (nSPS) is 21.8. The van der Waals surface area contributed by atoms with E-state index in [2.05, 4.69) is 12.2 Å². The molecule has 0 bridgehead atoms. The standard InChI is InChI=1S/C17H26N2O2/c1-12-3-5-13(6-4-12)9-10-19-17(20)14-7-8-16(21-2)15(18)11-14/h7-8,11-13H,3-6,9-10,18H2,1-2H3,(H,19,20). The number of anilines is 1. The summed E-state index contributed by atoms with van der Waals surface area (Å²) in [6, 6.07) is 5.13. The maximum atomic E-state index is 12.1. The third kappa shape index (κ3) is 4.38. The van der Waals surface area contributed by atoms with Crippen LogP contribution in [0.15, 0.2) is 18.2 Å². The second-order valence-corrected chi connectivity index (χ2v) is 6.13. The van der Waals surface area contributed by atoms with Crippen LogP contribution < -0.4 is 15.8 Å². The Morgan fingerprint density at radius 1 is 1.33 bits per heavy atom. The van der Waals surface area contributed by atoms with E-state index in [1.54, 1.807) is 25.3 Å². The molecule has 1 fully saturated rings. The molecule has 0 saturated heterocycles. The van der Waals surface area contributed by atoms with Crippen LogP contribution in [0.2, 0.25) is 0 Å². The Morgan fingerprint density at radius 2 is 2.05 bits per heavy atom. The van der Waals surface area contributed by atoms with Crippen LogP contribution in [-0.2, 0) is 0 Å². The van der Waals surface area contributed by atoms with E-state index in [9.17, 15) is 4.79 Å². The SMILES string of the molecule is COc1ccc(C(=O)NCCC2CCC(C)CC2)cc1N. The predicted octanol–water partition coefficient (Wildman–Crippen LogP) is 3.22. The zero-order chi connectivity index (χ0) is 15.2. The molecule has 0 radical (unpaired) electrons. The lowest BCUT2D eigenvalue weighted by atomic mass is 9.81. The van der Waals surface area contributed by atoms with E-state index in [1.165, 1.54) is 25.7 Å². The lowest BCUT2D eigenvalue weighted by Gasteiger charge is -2.26. The first-order chi connectivity index (χ1) is 10.1. The van der Waals surface area contributed by atoms with E-state index < -0.39 is 0 Å². The summed E-state index contributed by atoms with van der Waals surface area (Å²) < 4.78 is 5.09. The van der Waals surface area contributed by atoms with Crippen LogP contribution in [0, 0.1) is 11.8 Å². The lowest BCUT2D eigenvalue weighted by molar-refractivity contribution is 0.0949. The van der Waals surface area contributed by atoms with Crippen LogP contribution in [0.4, 0.5) is 5.69 Å². The second kappa shape index (κ2) is 7.34. The van der Waals surface area contributed by atoms with E-state index >= 15 is 0 Å². The Morgan fingerprint density at radius 3 is 2.67 bits per heavy atom. The van der Waals surface area contributed by atoms with Crippen molar-refractivity contribution in [2.75, 3.05) is 19.4 Å². The van der Waals surface area contributed by atoms with Gasteiger partial charge >= 0.3 is 0 Å². The molecule has 1 aromatic rings. The predicted molar refractivity (Wildman–Crippen MR) is 85.5 cm³/mol. The summed E-state index contributed by atoms with van der Waals surface area (Å²) >= 11 is 0. The van der Waals surface area contributed by atoms with Gasteiger partial charge in [-0.15, -0.1) is 0 Å². The van der Waals surface area contributed by atoms with E-state index in [0.29, 0.717) is 17.0 Å². The summed E-state index contributed by atoms with van der Waals surface area (Å²) in [5, 5.41) is 2.99. The molecule has 1 amide bonds. The average molecular weight is 290 g/mol. The van der Waals surface area contributed by atoms with Gasteiger partial charge in [-0.1, -0.05) is 32.6 Å². The number of nitrogens with two attached hydrogens (primary N) is 1. The molecule has 3 N–H and O–H groups in total. The van der Waals surface area contributed by atoms with Crippen LogP contribution in [0.25, 0.3) is 0 Å². The van der Waals surface area contributed by atoms with Crippen molar-refractivity contribution in [1.29, 1.82) is 0 Å². The summed E-state index contributed by atoms with van der Waals surface area (Å²) in [7, 11) is 1.57. The Kier molecular flexibility index (Phi) is 5.48. The van der Waals surface area contributed by atoms with E-state index in [1.807, 2.05) is 0 Å². The largest absolute Gasteiger partial charge is 0.495 e. The van der Waals surface area contributed by atoms with Crippen molar-refractivity contribution in [2.24, 2.45) is 11.8 Å². The number of nitrogens with one attached hydrogen (secondary N) is 1. The smallest absolute Gasteiger partial charge is 0.251 e. The minimum absolute atomic E-state index is 0.0615. The Bertz CT molecular complexity index is 480. The van der Waals surface area contributed by atoms with E-state index in [-0.39, 0.29) is 5.91 Å². The molecule has 21 heavy (non-hydrogen) atoms. The molecule has 1 saturated carbocycles. The van der Waals surface area contributed by atoms with Gasteiger partial charge in [0.05, 0.1) is 12.8 Å². The Hall–Kier alpha value is -1.71. The molecule has 1 aromatic carbocycles. The third-order valence-electron chi connectivity index (χ3n) is 4.47. The molecular weight excluding hydrogens is 264 g/mol. The highest BCUT2D eigenvalue weighted by molar-refractivity contribution is 5.95. The number of hydrogen-bond acceptors (Lipinski definition) is 3. The fourth-order valence-corrected chi connectivity index (χ4v) is 2.99. The summed E-state index contributed by atoms with van der Waals surface area (Å²) in [6.45, 7) is 3.07. The molecule has 0 aromatic heterocycles. The lowest BCUT2D eigenvalue weighted by Crippen LogP contribution is -2.27. The molecule has 0 unspecified atom stereocenters. The zero-order valence-corrected chi connectivity index (χ0v) is 13.0. The van der Waals surface area contributed by atoms with Crippen molar-refractivity contribution in [3.8, 4) is 5.75 Å². The number of methoxy groups -OCH3 is 1. The summed E-state index contributed by atoms with van der Waals surface area (Å²) in [5.74, 6) is 2.18. The van der Waals surface area contributed by atoms with Crippen molar-refractivity contribution in [3.63, 3.8) is 0 Å². The highest BCUT2D eigenvalue weighted by atomic mass is 16.5. The highest BCUT2D eigenvalue weighted by Gasteiger charge is 2.18. The number of carbonyl (C=O) groups excluding carboxylic acids is 1. The molecule has 0 aliphatic heterocycles. The van der Waals surface area contributed by atoms with Gasteiger partial charge in [-0.2, -0.15) is 0 Å². The molecule has 4 nitrogen and oxygen atoms in total. The minimum Gasteiger partial charge on any atom is -0.495 e. The highest BCUT2D eigenvalue weighted by Crippen LogP contribution is 2.30. The topological polar surface area (TPSA) is 64.3 Å². The number of benzene rings is 1. The van der Waals surface area contributed by atoms with Gasteiger partial charge in [-0.25, -0.2) is 0 Å². The average Bonchev–Trinajstić information content (AvgIpc) is 2.49. The number of amides is 1. The zero-order valence-electron chi connectivity index (χ0n) is 13.0. The first-order valence-corrected chi connectivity index (χ1v) is 7.82. The fourth-order valence-electron chi connectivity index (χ4n) is 2.99. The van der Waals surface area contributed by atoms with Crippen molar-refractivity contribution >= 4 is 11.6 Å². The molecule has 0 atom stereocenters. The van der Waals surface area contributed by atoms with Crippen molar-refractivity contribution in [2.45, 2.75) is 39.0 Å². The Labute approximate surface area is 127 Å². The molecule has 116 valence electrons. The Balaban J connectivity index is 1.78. The molecule has 0 heterocycles. The maximum absolute atomic E-state index is 12.1. The monoisotopic (exact) mass is 290 g/mol. The van der Waals surface area contributed by atoms with Crippen molar-refractivity contribution in [3.05, 3.63) is 23.8 Å². The van der Waals surface area contributed by atoms with Gasteiger partial charge < -0.3 is 15.8 Å². The molecule has 2 rings (SSSR count). The van der Waals surface area contributed by atoms with Gasteiger partial charge in [-0.3, -0.25) is 4.79 Å². The third-order valence-corrected chi connectivity index (χ3v) is 4.47. The number of hydrogen-bond donors (Lipinski definition) is 2. The molecule has 1 aliphatic carbocycles. The number of nitrogen functional groups attached to an aromatic ring is 1. The van der Waals surface area contributed by atoms with Gasteiger partial charge in [-0.05, 0) is 36.5 Å². The first-order valence-electron chi connectivity index (χ1n) is 7.82. The van der Waals surface area contributed by atoms with Crippen LogP contribution in [0.1, 0.15) is 49.4 Å². The molecule has 0 spiro atoms. The summed E-state index contributed by atoms with van der Waals surface area (Å²) in [4.78, 5) is 12.1. The van der Waals surface area contributed by atoms with Crippen LogP contribution in [0.5, 0.6) is 5.75 Å². The summed E-state index contributed by atoms with van der Waals surface area (Å²) in [6.07, 6.45) is 6.32. The van der Waals surface area contributed by atoms with Gasteiger partial charge in [0.15, 0.2) is 0 Å². The van der Waals surface area contributed by atoms with Crippen LogP contribution >= 0.6 is 0 Å². The molecular formula is C17H26N2O2.